The number of hydrogen-bond acceptors (Lipinski definition) is 2. The number of aryl methyl sites for hydroxylation is 1. The molecule has 2 amide bonds. The van der Waals surface area contributed by atoms with Gasteiger partial charge in [0, 0.05) is 20.1 Å². The molecule has 0 radical (unpaired) electrons. The molecule has 4 nitrogen and oxygen atoms in total. The fourth-order valence-electron chi connectivity index (χ4n) is 3.92. The molecule has 0 spiro atoms. The Morgan fingerprint density at radius 3 is 2.21 bits per heavy atom. The second kappa shape index (κ2) is 8.89. The predicted octanol–water partition coefficient (Wildman–Crippen LogP) is 5.25. The molecule has 156 valence electrons. The van der Waals surface area contributed by atoms with Crippen LogP contribution in [0.5, 0.6) is 5.75 Å². The molecule has 2 aromatic carbocycles. The molecule has 1 unspecified atom stereocenters. The molecular formula is C25H34N2O2. The smallest absolute Gasteiger partial charge is 0.320 e. The van der Waals surface area contributed by atoms with E-state index in [-0.39, 0.29) is 17.5 Å². The van der Waals surface area contributed by atoms with Crippen molar-refractivity contribution in [2.24, 2.45) is 0 Å². The molecule has 4 heteroatoms. The Balaban J connectivity index is 1.52. The minimum absolute atomic E-state index is 0.138. The number of rotatable bonds is 7. The van der Waals surface area contributed by atoms with E-state index in [0.29, 0.717) is 6.54 Å². The van der Waals surface area contributed by atoms with Crippen LogP contribution in [0.15, 0.2) is 48.5 Å². The number of likely N-dealkylation sites (N-methyl/N-ethyl adjacent to an activating group) is 1. The van der Waals surface area contributed by atoms with Crippen LogP contribution in [-0.4, -0.2) is 42.6 Å². The van der Waals surface area contributed by atoms with E-state index in [2.05, 4.69) is 57.2 Å². The second-order valence-corrected chi connectivity index (χ2v) is 9.12. The average Bonchev–Trinajstić information content (AvgIpc) is 2.96. The molecule has 29 heavy (non-hydrogen) atoms. The van der Waals surface area contributed by atoms with Crippen LogP contribution in [0.4, 0.5) is 4.79 Å². The molecule has 0 aromatic heterocycles. The van der Waals surface area contributed by atoms with Crippen LogP contribution in [0, 0.1) is 0 Å². The molecule has 3 rings (SSSR count). The van der Waals surface area contributed by atoms with Crippen molar-refractivity contribution < 1.29 is 9.53 Å². The highest BCUT2D eigenvalue weighted by Crippen LogP contribution is 2.25. The van der Waals surface area contributed by atoms with Gasteiger partial charge in [0.1, 0.15) is 5.75 Å². The third kappa shape index (κ3) is 5.31. The highest BCUT2D eigenvalue weighted by atomic mass is 16.5. The highest BCUT2D eigenvalue weighted by molar-refractivity contribution is 5.76. The fourth-order valence-corrected chi connectivity index (χ4v) is 3.92. The van der Waals surface area contributed by atoms with E-state index in [4.69, 9.17) is 4.74 Å². The Kier molecular flexibility index (Phi) is 6.51. The maximum Gasteiger partial charge on any atom is 0.320 e. The van der Waals surface area contributed by atoms with E-state index in [1.165, 1.54) is 16.7 Å². The molecule has 1 aliphatic heterocycles. The van der Waals surface area contributed by atoms with Crippen LogP contribution in [-0.2, 0) is 18.4 Å². The lowest BCUT2D eigenvalue weighted by Gasteiger charge is -2.20. The van der Waals surface area contributed by atoms with Crippen LogP contribution in [0.25, 0.3) is 0 Å². The number of methoxy groups -OCH3 is 1. The number of benzene rings is 2. The lowest BCUT2D eigenvalue weighted by atomic mass is 9.87. The first kappa shape index (κ1) is 21.2. The summed E-state index contributed by atoms with van der Waals surface area (Å²) >= 11 is 0. The van der Waals surface area contributed by atoms with Crippen molar-refractivity contribution in [3.8, 4) is 5.75 Å². The van der Waals surface area contributed by atoms with Crippen LogP contribution in [0.2, 0.25) is 0 Å². The summed E-state index contributed by atoms with van der Waals surface area (Å²) in [6, 6.07) is 17.4. The molecule has 1 atom stereocenters. The molecular weight excluding hydrogens is 360 g/mol. The molecule has 0 aliphatic carbocycles. The monoisotopic (exact) mass is 394 g/mol. The summed E-state index contributed by atoms with van der Waals surface area (Å²) in [6.07, 6.45) is 3.12. The third-order valence-corrected chi connectivity index (χ3v) is 5.91. The SMILES string of the molecule is COc1ccc(CCCC2CN(Cc3ccc(C(C)(C)C)cc3)C(=O)N2C)cc1. The zero-order valence-electron chi connectivity index (χ0n) is 18.4. The maximum absolute atomic E-state index is 12.7. The zero-order chi connectivity index (χ0) is 21.0. The van der Waals surface area contributed by atoms with E-state index < -0.39 is 0 Å². The van der Waals surface area contributed by atoms with Gasteiger partial charge in [-0.15, -0.1) is 0 Å². The van der Waals surface area contributed by atoms with Gasteiger partial charge in [0.15, 0.2) is 0 Å². The summed E-state index contributed by atoms with van der Waals surface area (Å²) in [5.74, 6) is 0.890. The minimum atomic E-state index is 0.138. The lowest BCUT2D eigenvalue weighted by molar-refractivity contribution is 0.193. The van der Waals surface area contributed by atoms with Crippen molar-refractivity contribution in [3.05, 3.63) is 65.2 Å². The van der Waals surface area contributed by atoms with E-state index in [9.17, 15) is 4.79 Å². The highest BCUT2D eigenvalue weighted by Gasteiger charge is 2.33. The first-order valence-electron chi connectivity index (χ1n) is 10.5. The molecule has 1 heterocycles. The Hall–Kier alpha value is -2.49. The number of ether oxygens (including phenoxy) is 1. The predicted molar refractivity (Wildman–Crippen MR) is 118 cm³/mol. The first-order chi connectivity index (χ1) is 13.8. The molecule has 1 saturated heterocycles. The van der Waals surface area contributed by atoms with Crippen LogP contribution in [0.1, 0.15) is 50.3 Å². The van der Waals surface area contributed by atoms with Crippen molar-refractivity contribution in [3.63, 3.8) is 0 Å². The van der Waals surface area contributed by atoms with Gasteiger partial charge in [-0.3, -0.25) is 0 Å². The number of nitrogens with zero attached hydrogens (tertiary/aromatic N) is 2. The standard InChI is InChI=1S/C25H34N2O2/c1-25(2,3)21-13-9-20(10-14-21)17-27-18-22(26(4)24(27)28)8-6-7-19-11-15-23(29-5)16-12-19/h9-16,22H,6-8,17-18H2,1-5H3. The summed E-state index contributed by atoms with van der Waals surface area (Å²) in [7, 11) is 3.62. The first-order valence-corrected chi connectivity index (χ1v) is 10.5. The van der Waals surface area contributed by atoms with Gasteiger partial charge in [0.25, 0.3) is 0 Å². The molecule has 1 aliphatic rings. The van der Waals surface area contributed by atoms with E-state index in [1.54, 1.807) is 7.11 Å². The molecule has 0 bridgehead atoms. The van der Waals surface area contributed by atoms with Gasteiger partial charge in [0.05, 0.1) is 13.2 Å². The van der Waals surface area contributed by atoms with Gasteiger partial charge in [0.2, 0.25) is 0 Å². The van der Waals surface area contributed by atoms with Crippen molar-refractivity contribution in [1.29, 1.82) is 0 Å². The minimum Gasteiger partial charge on any atom is -0.497 e. The topological polar surface area (TPSA) is 32.8 Å². The Labute approximate surface area is 175 Å². The Bertz CT molecular complexity index is 806. The van der Waals surface area contributed by atoms with E-state index >= 15 is 0 Å². The third-order valence-electron chi connectivity index (χ3n) is 5.91. The second-order valence-electron chi connectivity index (χ2n) is 9.12. The van der Waals surface area contributed by atoms with E-state index in [0.717, 1.165) is 31.6 Å². The average molecular weight is 395 g/mol. The van der Waals surface area contributed by atoms with Crippen molar-refractivity contribution in [2.45, 2.75) is 58.0 Å². The zero-order valence-corrected chi connectivity index (χ0v) is 18.4. The molecule has 2 aromatic rings. The van der Waals surface area contributed by atoms with Crippen molar-refractivity contribution in [1.82, 2.24) is 9.80 Å². The van der Waals surface area contributed by atoms with Crippen LogP contribution >= 0.6 is 0 Å². The van der Waals surface area contributed by atoms with Crippen LogP contribution < -0.4 is 4.74 Å². The number of urea groups is 1. The van der Waals surface area contributed by atoms with Gasteiger partial charge >= 0.3 is 6.03 Å². The van der Waals surface area contributed by atoms with Gasteiger partial charge < -0.3 is 14.5 Å². The maximum atomic E-state index is 12.7. The largest absolute Gasteiger partial charge is 0.497 e. The number of carbonyl (C=O) groups is 1. The Morgan fingerprint density at radius 2 is 1.62 bits per heavy atom. The number of hydrogen-bond donors (Lipinski definition) is 0. The number of amides is 2. The number of carbonyl (C=O) groups excluding carboxylic acids is 1. The summed E-state index contributed by atoms with van der Waals surface area (Å²) in [6.45, 7) is 8.15. The van der Waals surface area contributed by atoms with E-state index in [1.807, 2.05) is 29.0 Å². The van der Waals surface area contributed by atoms with Crippen molar-refractivity contribution in [2.75, 3.05) is 20.7 Å². The van der Waals surface area contributed by atoms with Gasteiger partial charge in [-0.05, 0) is 53.5 Å². The van der Waals surface area contributed by atoms with Crippen LogP contribution in [0.3, 0.4) is 0 Å². The molecule has 1 fully saturated rings. The molecule has 0 N–H and O–H groups in total. The van der Waals surface area contributed by atoms with Crippen molar-refractivity contribution >= 4 is 6.03 Å². The van der Waals surface area contributed by atoms with Gasteiger partial charge in [-0.25, -0.2) is 4.79 Å². The molecule has 0 saturated carbocycles. The Morgan fingerprint density at radius 1 is 1.00 bits per heavy atom. The quantitative estimate of drug-likeness (QED) is 0.642. The normalized spacial score (nSPS) is 17.1. The summed E-state index contributed by atoms with van der Waals surface area (Å²) < 4.78 is 5.21. The van der Waals surface area contributed by atoms with Gasteiger partial charge in [-0.2, -0.15) is 0 Å². The summed E-state index contributed by atoms with van der Waals surface area (Å²) in [4.78, 5) is 16.6. The van der Waals surface area contributed by atoms with Gasteiger partial charge in [-0.1, -0.05) is 57.2 Å². The summed E-state index contributed by atoms with van der Waals surface area (Å²) in [5, 5.41) is 0. The fraction of sp³-hybridized carbons (Fsp3) is 0.480. The summed E-state index contributed by atoms with van der Waals surface area (Å²) in [5.41, 5.74) is 3.98. The lowest BCUT2D eigenvalue weighted by Crippen LogP contribution is -2.31.